The van der Waals surface area contributed by atoms with Crippen LogP contribution in [0.25, 0.3) is 0 Å². The van der Waals surface area contributed by atoms with E-state index in [0.717, 1.165) is 5.56 Å². The zero-order chi connectivity index (χ0) is 15.4. The Hall–Kier alpha value is -2.96. The number of aryl methyl sites for hydroxylation is 1. The van der Waals surface area contributed by atoms with Gasteiger partial charge in [-0.15, -0.1) is 0 Å². The Morgan fingerprint density at radius 3 is 2.67 bits per heavy atom. The second kappa shape index (κ2) is 6.00. The number of benzene rings is 1. The van der Waals surface area contributed by atoms with Crippen molar-refractivity contribution in [2.75, 3.05) is 17.7 Å². The highest BCUT2D eigenvalue weighted by Crippen LogP contribution is 2.29. The largest absolute Gasteiger partial charge is 0.383 e. The zero-order valence-electron chi connectivity index (χ0n) is 11.6. The van der Waals surface area contributed by atoms with E-state index >= 15 is 0 Å². The Morgan fingerprint density at radius 2 is 2.05 bits per heavy atom. The molecule has 0 bridgehead atoms. The lowest BCUT2D eigenvalue weighted by Crippen LogP contribution is -2.15. The normalized spacial score (nSPS) is 10.0. The van der Waals surface area contributed by atoms with Gasteiger partial charge in [0.1, 0.15) is 11.3 Å². The van der Waals surface area contributed by atoms with Gasteiger partial charge in [-0.25, -0.2) is 0 Å². The van der Waals surface area contributed by atoms with Gasteiger partial charge in [0.05, 0.1) is 16.8 Å². The van der Waals surface area contributed by atoms with Crippen LogP contribution >= 0.6 is 0 Å². The molecule has 0 aliphatic heterocycles. The summed E-state index contributed by atoms with van der Waals surface area (Å²) in [5.41, 5.74) is 1.38. The Balaban J connectivity index is 2.40. The highest BCUT2D eigenvalue weighted by atomic mass is 16.6. The smallest absolute Gasteiger partial charge is 0.305 e. The second-order valence-electron chi connectivity index (χ2n) is 4.35. The van der Waals surface area contributed by atoms with E-state index in [1.54, 1.807) is 31.4 Å². The van der Waals surface area contributed by atoms with Gasteiger partial charge in [0.2, 0.25) is 0 Å². The number of anilines is 2. The van der Waals surface area contributed by atoms with Crippen molar-refractivity contribution in [3.05, 3.63) is 57.9 Å². The standard InChI is InChI=1S/C14H14N4O3/c1-9-6-7-16-8-12(9)17-14(19)10-4-3-5-11(15-2)13(10)18(20)21/h3-8,15H,1-2H3,(H,17,19). The molecule has 21 heavy (non-hydrogen) atoms. The summed E-state index contributed by atoms with van der Waals surface area (Å²) in [6.07, 6.45) is 3.11. The van der Waals surface area contributed by atoms with Gasteiger partial charge in [0.25, 0.3) is 5.91 Å². The third-order valence-corrected chi connectivity index (χ3v) is 3.02. The first-order valence-corrected chi connectivity index (χ1v) is 6.21. The van der Waals surface area contributed by atoms with Crippen molar-refractivity contribution in [3.63, 3.8) is 0 Å². The van der Waals surface area contributed by atoms with Gasteiger partial charge in [-0.2, -0.15) is 0 Å². The lowest BCUT2D eigenvalue weighted by Gasteiger charge is -2.09. The van der Waals surface area contributed by atoms with Gasteiger partial charge in [-0.1, -0.05) is 6.07 Å². The van der Waals surface area contributed by atoms with E-state index < -0.39 is 10.8 Å². The maximum absolute atomic E-state index is 12.3. The fraction of sp³-hybridized carbons (Fsp3) is 0.143. The fourth-order valence-electron chi connectivity index (χ4n) is 1.91. The Bertz CT molecular complexity index is 700. The van der Waals surface area contributed by atoms with Crippen molar-refractivity contribution < 1.29 is 9.72 Å². The number of nitrogens with zero attached hydrogens (tertiary/aromatic N) is 2. The number of pyridine rings is 1. The summed E-state index contributed by atoms with van der Waals surface area (Å²) in [6.45, 7) is 1.82. The molecule has 108 valence electrons. The second-order valence-corrected chi connectivity index (χ2v) is 4.35. The van der Waals surface area contributed by atoms with Crippen molar-refractivity contribution >= 4 is 23.0 Å². The first-order valence-electron chi connectivity index (χ1n) is 6.21. The number of amides is 1. The molecule has 2 aromatic rings. The van der Waals surface area contributed by atoms with Crippen LogP contribution in [0.4, 0.5) is 17.1 Å². The number of nitro benzene ring substituents is 1. The number of rotatable bonds is 4. The molecule has 0 aliphatic carbocycles. The summed E-state index contributed by atoms with van der Waals surface area (Å²) in [7, 11) is 1.56. The summed E-state index contributed by atoms with van der Waals surface area (Å²) >= 11 is 0. The minimum absolute atomic E-state index is 0.00453. The van der Waals surface area contributed by atoms with Gasteiger partial charge in [0.15, 0.2) is 0 Å². The Morgan fingerprint density at radius 1 is 1.29 bits per heavy atom. The van der Waals surface area contributed by atoms with E-state index in [0.29, 0.717) is 5.69 Å². The Kier molecular flexibility index (Phi) is 4.13. The molecule has 7 heteroatoms. The van der Waals surface area contributed by atoms with Crippen LogP contribution in [0.1, 0.15) is 15.9 Å². The summed E-state index contributed by atoms with van der Waals surface area (Å²) in [6, 6.07) is 6.29. The number of aromatic nitrogens is 1. The van der Waals surface area contributed by atoms with E-state index in [-0.39, 0.29) is 16.9 Å². The molecule has 0 atom stereocenters. The lowest BCUT2D eigenvalue weighted by atomic mass is 10.1. The van der Waals surface area contributed by atoms with Crippen molar-refractivity contribution in [3.8, 4) is 0 Å². The summed E-state index contributed by atoms with van der Waals surface area (Å²) in [5.74, 6) is -0.546. The fourth-order valence-corrected chi connectivity index (χ4v) is 1.91. The average molecular weight is 286 g/mol. The molecule has 0 spiro atoms. The molecule has 1 amide bonds. The van der Waals surface area contributed by atoms with Gasteiger partial charge in [-0.05, 0) is 30.7 Å². The van der Waals surface area contributed by atoms with Gasteiger partial charge in [0, 0.05) is 13.2 Å². The molecule has 0 unspecified atom stereocenters. The molecule has 0 aliphatic rings. The maximum atomic E-state index is 12.3. The number of carbonyl (C=O) groups is 1. The molecule has 1 aromatic carbocycles. The van der Waals surface area contributed by atoms with Crippen molar-refractivity contribution in [2.45, 2.75) is 6.92 Å². The molecule has 0 saturated heterocycles. The molecule has 2 N–H and O–H groups in total. The summed E-state index contributed by atoms with van der Waals surface area (Å²) < 4.78 is 0. The zero-order valence-corrected chi connectivity index (χ0v) is 11.6. The van der Waals surface area contributed by atoms with Crippen LogP contribution in [0.2, 0.25) is 0 Å². The molecular weight excluding hydrogens is 272 g/mol. The van der Waals surface area contributed by atoms with Crippen molar-refractivity contribution in [1.82, 2.24) is 4.98 Å². The van der Waals surface area contributed by atoms with Crippen LogP contribution in [0.3, 0.4) is 0 Å². The third kappa shape index (κ3) is 2.97. The van der Waals surface area contributed by atoms with Crippen LogP contribution in [0, 0.1) is 17.0 Å². The highest BCUT2D eigenvalue weighted by Gasteiger charge is 2.24. The number of carbonyl (C=O) groups excluding carboxylic acids is 1. The first kappa shape index (κ1) is 14.4. The monoisotopic (exact) mass is 286 g/mol. The Labute approximate surface area is 121 Å². The number of nitrogens with one attached hydrogen (secondary N) is 2. The lowest BCUT2D eigenvalue weighted by molar-refractivity contribution is -0.384. The first-order chi connectivity index (χ1) is 10.0. The van der Waals surface area contributed by atoms with E-state index in [1.165, 1.54) is 12.3 Å². The van der Waals surface area contributed by atoms with E-state index in [2.05, 4.69) is 15.6 Å². The maximum Gasteiger partial charge on any atom is 0.305 e. The van der Waals surface area contributed by atoms with E-state index in [4.69, 9.17) is 0 Å². The molecule has 0 radical (unpaired) electrons. The summed E-state index contributed by atoms with van der Waals surface area (Å²) in [5, 5.41) is 16.6. The van der Waals surface area contributed by atoms with Gasteiger partial charge in [-0.3, -0.25) is 19.9 Å². The minimum Gasteiger partial charge on any atom is -0.383 e. The van der Waals surface area contributed by atoms with Crippen LogP contribution < -0.4 is 10.6 Å². The molecule has 2 rings (SSSR count). The SMILES string of the molecule is CNc1cccc(C(=O)Nc2cnccc2C)c1[N+](=O)[O-]. The van der Waals surface area contributed by atoms with Crippen LogP contribution in [-0.4, -0.2) is 22.9 Å². The average Bonchev–Trinajstić information content (AvgIpc) is 2.48. The molecule has 7 nitrogen and oxygen atoms in total. The topological polar surface area (TPSA) is 97.2 Å². The van der Waals surface area contributed by atoms with Gasteiger partial charge < -0.3 is 10.6 Å². The van der Waals surface area contributed by atoms with E-state index in [1.807, 2.05) is 6.92 Å². The minimum atomic E-state index is -0.573. The predicted octanol–water partition coefficient (Wildman–Crippen LogP) is 2.59. The van der Waals surface area contributed by atoms with Crippen LogP contribution in [0.15, 0.2) is 36.7 Å². The molecule has 1 heterocycles. The molecule has 0 saturated carbocycles. The quantitative estimate of drug-likeness (QED) is 0.665. The van der Waals surface area contributed by atoms with E-state index in [9.17, 15) is 14.9 Å². The van der Waals surface area contributed by atoms with Crippen molar-refractivity contribution in [1.29, 1.82) is 0 Å². The number of para-hydroxylation sites is 1. The number of hydrogen-bond donors (Lipinski definition) is 2. The van der Waals surface area contributed by atoms with Crippen LogP contribution in [-0.2, 0) is 0 Å². The van der Waals surface area contributed by atoms with Gasteiger partial charge >= 0.3 is 5.69 Å². The molecule has 0 fully saturated rings. The highest BCUT2D eigenvalue weighted by molar-refractivity contribution is 6.08. The summed E-state index contributed by atoms with van der Waals surface area (Å²) in [4.78, 5) is 26.8. The molecule has 1 aromatic heterocycles. The van der Waals surface area contributed by atoms with Crippen LogP contribution in [0.5, 0.6) is 0 Å². The molecular formula is C14H14N4O3. The predicted molar refractivity (Wildman–Crippen MR) is 79.6 cm³/mol. The van der Waals surface area contributed by atoms with Crippen molar-refractivity contribution in [2.24, 2.45) is 0 Å². The number of hydrogen-bond acceptors (Lipinski definition) is 5. The third-order valence-electron chi connectivity index (χ3n) is 3.02. The number of nitro groups is 1.